The molecule has 0 bridgehead atoms. The zero-order valence-electron chi connectivity index (χ0n) is 20.8. The number of hydrogen-bond donors (Lipinski definition) is 1. The van der Waals surface area contributed by atoms with Gasteiger partial charge in [0.15, 0.2) is 11.5 Å². The van der Waals surface area contributed by atoms with Crippen LogP contribution in [0.1, 0.15) is 44.4 Å². The molecule has 1 atom stereocenters. The summed E-state index contributed by atoms with van der Waals surface area (Å²) in [5.41, 5.74) is 2.36. The third-order valence-corrected chi connectivity index (χ3v) is 5.96. The number of aryl methyl sites for hydroxylation is 1. The zero-order valence-corrected chi connectivity index (χ0v) is 20.8. The number of anilines is 1. The maximum atomic E-state index is 13.5. The van der Waals surface area contributed by atoms with Crippen molar-refractivity contribution in [3.63, 3.8) is 0 Å². The number of carbonyl (C=O) groups excluding carboxylic acids is 2. The standard InChI is InChI=1S/C30H31NO5/c1-4-35-24-16-14-23(15-17-24)31-28(22-11-8-12-25(19-22)36-20(2)3)27(29(33)30(31)34)26(32)18-13-21-9-6-5-7-10-21/h5-12,14-17,19-20,28,33H,4,13,18H2,1-3H3. The van der Waals surface area contributed by atoms with Gasteiger partial charge in [-0.1, -0.05) is 42.5 Å². The Hall–Kier alpha value is -4.06. The first-order chi connectivity index (χ1) is 17.4. The van der Waals surface area contributed by atoms with Crippen LogP contribution in [0.3, 0.4) is 0 Å². The van der Waals surface area contributed by atoms with E-state index in [0.29, 0.717) is 35.8 Å². The second-order valence-electron chi connectivity index (χ2n) is 8.91. The predicted molar refractivity (Wildman–Crippen MR) is 139 cm³/mol. The molecule has 1 N–H and O–H groups in total. The molecule has 3 aromatic carbocycles. The smallest absolute Gasteiger partial charge is 0.294 e. The van der Waals surface area contributed by atoms with Crippen LogP contribution in [-0.2, 0) is 16.0 Å². The Balaban J connectivity index is 1.72. The van der Waals surface area contributed by atoms with Crippen LogP contribution in [-0.4, -0.2) is 29.5 Å². The average molecular weight is 486 g/mol. The molecule has 6 nitrogen and oxygen atoms in total. The van der Waals surface area contributed by atoms with E-state index in [-0.39, 0.29) is 23.9 Å². The number of hydrogen-bond acceptors (Lipinski definition) is 5. The second-order valence-corrected chi connectivity index (χ2v) is 8.91. The molecule has 0 saturated heterocycles. The Kier molecular flexibility index (Phi) is 7.74. The highest BCUT2D eigenvalue weighted by atomic mass is 16.5. The lowest BCUT2D eigenvalue weighted by atomic mass is 9.93. The van der Waals surface area contributed by atoms with Crippen molar-refractivity contribution in [1.29, 1.82) is 0 Å². The van der Waals surface area contributed by atoms with Gasteiger partial charge in [-0.05, 0) is 74.7 Å². The van der Waals surface area contributed by atoms with Gasteiger partial charge in [-0.3, -0.25) is 14.5 Å². The predicted octanol–water partition coefficient (Wildman–Crippen LogP) is 5.97. The molecule has 4 rings (SSSR count). The van der Waals surface area contributed by atoms with E-state index in [4.69, 9.17) is 9.47 Å². The summed E-state index contributed by atoms with van der Waals surface area (Å²) in [4.78, 5) is 28.3. The minimum absolute atomic E-state index is 0.0383. The van der Waals surface area contributed by atoms with E-state index in [1.807, 2.05) is 75.4 Å². The molecule has 0 fully saturated rings. The number of carbonyl (C=O) groups is 2. The molecule has 0 aliphatic carbocycles. The van der Waals surface area contributed by atoms with Crippen molar-refractivity contribution in [3.8, 4) is 11.5 Å². The number of nitrogens with zero attached hydrogens (tertiary/aromatic N) is 1. The van der Waals surface area contributed by atoms with Gasteiger partial charge in [-0.25, -0.2) is 0 Å². The highest BCUT2D eigenvalue weighted by molar-refractivity contribution is 6.16. The quantitative estimate of drug-likeness (QED) is 0.383. The normalized spacial score (nSPS) is 15.5. The summed E-state index contributed by atoms with van der Waals surface area (Å²) in [6.45, 7) is 6.29. The van der Waals surface area contributed by atoms with Crippen LogP contribution < -0.4 is 14.4 Å². The summed E-state index contributed by atoms with van der Waals surface area (Å²) < 4.78 is 11.4. The molecule has 186 valence electrons. The average Bonchev–Trinajstić information content (AvgIpc) is 3.14. The first kappa shape index (κ1) is 25.0. The summed E-state index contributed by atoms with van der Waals surface area (Å²) >= 11 is 0. The van der Waals surface area contributed by atoms with E-state index in [1.54, 1.807) is 24.3 Å². The van der Waals surface area contributed by atoms with Crippen molar-refractivity contribution in [2.24, 2.45) is 0 Å². The van der Waals surface area contributed by atoms with Gasteiger partial charge in [-0.2, -0.15) is 0 Å². The number of ketones is 1. The molecule has 1 aliphatic heterocycles. The summed E-state index contributed by atoms with van der Waals surface area (Å²) in [7, 11) is 0. The van der Waals surface area contributed by atoms with Crippen molar-refractivity contribution in [2.75, 3.05) is 11.5 Å². The van der Waals surface area contributed by atoms with Gasteiger partial charge >= 0.3 is 0 Å². The molecule has 3 aromatic rings. The van der Waals surface area contributed by atoms with E-state index in [1.165, 1.54) is 4.90 Å². The van der Waals surface area contributed by atoms with Crippen molar-refractivity contribution >= 4 is 17.4 Å². The summed E-state index contributed by atoms with van der Waals surface area (Å²) in [6.07, 6.45) is 0.646. The molecule has 1 unspecified atom stereocenters. The molecular formula is C30H31NO5. The van der Waals surface area contributed by atoms with Crippen LogP contribution in [0.2, 0.25) is 0 Å². The molecule has 1 aliphatic rings. The van der Waals surface area contributed by atoms with Crippen LogP contribution in [0.4, 0.5) is 5.69 Å². The molecule has 6 heteroatoms. The molecule has 36 heavy (non-hydrogen) atoms. The number of benzene rings is 3. The third kappa shape index (κ3) is 5.43. The summed E-state index contributed by atoms with van der Waals surface area (Å²) in [5.74, 6) is -0.0833. The first-order valence-electron chi connectivity index (χ1n) is 12.2. The maximum Gasteiger partial charge on any atom is 0.294 e. The van der Waals surface area contributed by atoms with Gasteiger partial charge in [-0.15, -0.1) is 0 Å². The topological polar surface area (TPSA) is 76.1 Å². The number of aliphatic hydroxyl groups excluding tert-OH is 1. The van der Waals surface area contributed by atoms with E-state index >= 15 is 0 Å². The molecule has 0 aromatic heterocycles. The van der Waals surface area contributed by atoms with Gasteiger partial charge in [0.2, 0.25) is 0 Å². The third-order valence-electron chi connectivity index (χ3n) is 5.96. The van der Waals surface area contributed by atoms with Crippen molar-refractivity contribution in [3.05, 3.63) is 101 Å². The lowest BCUT2D eigenvalue weighted by Gasteiger charge is -2.27. The van der Waals surface area contributed by atoms with Crippen LogP contribution in [0.15, 0.2) is 90.2 Å². The van der Waals surface area contributed by atoms with E-state index < -0.39 is 17.7 Å². The Morgan fingerprint density at radius 1 is 0.972 bits per heavy atom. The van der Waals surface area contributed by atoms with Gasteiger partial charge in [0, 0.05) is 12.1 Å². The molecule has 0 saturated carbocycles. The number of Topliss-reactive ketones (excluding diaryl/α,β-unsaturated/α-hetero) is 1. The minimum Gasteiger partial charge on any atom is -0.503 e. The summed E-state index contributed by atoms with van der Waals surface area (Å²) in [6, 6.07) is 23.3. The largest absolute Gasteiger partial charge is 0.503 e. The number of aliphatic hydroxyl groups is 1. The Labute approximate surface area is 211 Å². The molecule has 0 radical (unpaired) electrons. The van der Waals surface area contributed by atoms with E-state index in [9.17, 15) is 14.7 Å². The highest BCUT2D eigenvalue weighted by Gasteiger charge is 2.44. The van der Waals surface area contributed by atoms with Gasteiger partial charge in [0.25, 0.3) is 5.91 Å². The van der Waals surface area contributed by atoms with Crippen molar-refractivity contribution in [1.82, 2.24) is 0 Å². The van der Waals surface area contributed by atoms with Crippen LogP contribution >= 0.6 is 0 Å². The summed E-state index contributed by atoms with van der Waals surface area (Å²) in [5, 5.41) is 11.0. The van der Waals surface area contributed by atoms with Crippen LogP contribution in [0.25, 0.3) is 0 Å². The lowest BCUT2D eigenvalue weighted by Crippen LogP contribution is -2.31. The number of amides is 1. The van der Waals surface area contributed by atoms with Crippen molar-refractivity contribution in [2.45, 2.75) is 45.8 Å². The Morgan fingerprint density at radius 2 is 1.69 bits per heavy atom. The molecular weight excluding hydrogens is 454 g/mol. The molecule has 0 spiro atoms. The highest BCUT2D eigenvalue weighted by Crippen LogP contribution is 2.42. The minimum atomic E-state index is -0.783. The van der Waals surface area contributed by atoms with Crippen molar-refractivity contribution < 1.29 is 24.2 Å². The number of rotatable bonds is 10. The van der Waals surface area contributed by atoms with Gasteiger partial charge < -0.3 is 14.6 Å². The SMILES string of the molecule is CCOc1ccc(N2C(=O)C(O)=C(C(=O)CCc3ccccc3)C2c2cccc(OC(C)C)c2)cc1. The number of ether oxygens (including phenoxy) is 2. The lowest BCUT2D eigenvalue weighted by molar-refractivity contribution is -0.118. The van der Waals surface area contributed by atoms with Crippen LogP contribution in [0.5, 0.6) is 11.5 Å². The molecule has 1 heterocycles. The first-order valence-corrected chi connectivity index (χ1v) is 12.2. The van der Waals surface area contributed by atoms with Crippen LogP contribution in [0, 0.1) is 0 Å². The monoisotopic (exact) mass is 485 g/mol. The van der Waals surface area contributed by atoms with E-state index in [0.717, 1.165) is 5.56 Å². The second kappa shape index (κ2) is 11.1. The fourth-order valence-corrected chi connectivity index (χ4v) is 4.41. The van der Waals surface area contributed by atoms with Gasteiger partial charge in [0.1, 0.15) is 11.5 Å². The fraction of sp³-hybridized carbons (Fsp3) is 0.267. The molecule has 1 amide bonds. The van der Waals surface area contributed by atoms with Gasteiger partial charge in [0.05, 0.1) is 24.3 Å². The zero-order chi connectivity index (χ0) is 25.7. The Morgan fingerprint density at radius 3 is 2.36 bits per heavy atom. The van der Waals surface area contributed by atoms with E-state index in [2.05, 4.69) is 0 Å². The Bertz CT molecular complexity index is 1250. The maximum absolute atomic E-state index is 13.5. The fourth-order valence-electron chi connectivity index (χ4n) is 4.41.